The number of alkyl halides is 3. The number of hydrogen-bond donors (Lipinski definition) is 1. The first-order chi connectivity index (χ1) is 17.6. The number of rotatable bonds is 4. The molecule has 2 heterocycles. The number of aryl methyl sites for hydroxylation is 1. The van der Waals surface area contributed by atoms with Gasteiger partial charge in [-0.1, -0.05) is 48.2 Å². The first-order valence-electron chi connectivity index (χ1n) is 11.4. The number of para-hydroxylation sites is 1. The quantitative estimate of drug-likeness (QED) is 0.340. The normalized spacial score (nSPS) is 16.0. The predicted octanol–water partition coefficient (Wildman–Crippen LogP) is 5.83. The highest BCUT2D eigenvalue weighted by Gasteiger charge is 2.40. The molecule has 1 aliphatic rings. The van der Waals surface area contributed by atoms with Gasteiger partial charge in [-0.2, -0.15) is 13.2 Å². The van der Waals surface area contributed by atoms with Crippen molar-refractivity contribution in [2.75, 3.05) is 10.7 Å². The predicted molar refractivity (Wildman–Crippen MR) is 134 cm³/mol. The molecule has 0 spiro atoms. The van der Waals surface area contributed by atoms with Crippen LogP contribution in [-0.4, -0.2) is 22.1 Å². The second kappa shape index (κ2) is 9.59. The summed E-state index contributed by atoms with van der Waals surface area (Å²) in [6.07, 6.45) is -4.62. The number of nitrogens with zero attached hydrogens (tertiary/aromatic N) is 2. The fourth-order valence-corrected chi connectivity index (χ4v) is 5.64. The van der Waals surface area contributed by atoms with E-state index >= 15 is 0 Å². The second-order valence-electron chi connectivity index (χ2n) is 8.64. The topological polar surface area (TPSA) is 54.3 Å². The molecule has 0 saturated carbocycles. The van der Waals surface area contributed by atoms with Crippen LogP contribution in [0.3, 0.4) is 0 Å². The van der Waals surface area contributed by atoms with Gasteiger partial charge >= 0.3 is 6.18 Å². The number of thioether (sulfide) groups is 1. The van der Waals surface area contributed by atoms with Crippen LogP contribution < -0.4 is 10.2 Å². The van der Waals surface area contributed by atoms with Gasteiger partial charge in [0.1, 0.15) is 11.9 Å². The van der Waals surface area contributed by atoms with Gasteiger partial charge < -0.3 is 9.88 Å². The lowest BCUT2D eigenvalue weighted by molar-refractivity contribution is -0.137. The fraction of sp³-hybridized carbons (Fsp3) is 0.185. The molecule has 2 amide bonds. The van der Waals surface area contributed by atoms with Gasteiger partial charge in [0.25, 0.3) is 0 Å². The maximum Gasteiger partial charge on any atom is 0.416 e. The highest BCUT2D eigenvalue weighted by molar-refractivity contribution is 8.00. The minimum absolute atomic E-state index is 0.0249. The van der Waals surface area contributed by atoms with Gasteiger partial charge in [-0.25, -0.2) is 4.39 Å². The molecule has 1 aliphatic heterocycles. The van der Waals surface area contributed by atoms with Crippen LogP contribution in [0.25, 0.3) is 10.9 Å². The van der Waals surface area contributed by atoms with E-state index < -0.39 is 35.4 Å². The smallest absolute Gasteiger partial charge is 0.350 e. The molecule has 5 nitrogen and oxygen atoms in total. The standard InChI is InChI=1S/C27H21F4N3O2S/c1-33-21-8-3-2-7-20(21)23-24(25(36)32-14-16-9-11-18(28)12-10-16)34(22(35)15-37-26(23)33)19-6-4-5-17(13-19)27(29,30)31/h2-13,24H,14-15H2,1H3,(H,32,36)/t24-/m0/s1. The number of nitrogens with one attached hydrogen (secondary N) is 1. The lowest BCUT2D eigenvalue weighted by Gasteiger charge is -2.30. The molecule has 37 heavy (non-hydrogen) atoms. The highest BCUT2D eigenvalue weighted by atomic mass is 32.2. The Hall–Kier alpha value is -3.79. The Labute approximate surface area is 214 Å². The van der Waals surface area contributed by atoms with Crippen molar-refractivity contribution >= 4 is 40.2 Å². The van der Waals surface area contributed by atoms with Crippen LogP contribution >= 0.6 is 11.8 Å². The SMILES string of the molecule is Cn1c2c(c3ccccc31)[C@@H](C(=O)NCc1ccc(F)cc1)N(c1cccc(C(F)(F)F)c1)C(=O)CS2. The van der Waals surface area contributed by atoms with Crippen molar-refractivity contribution < 1.29 is 27.2 Å². The minimum Gasteiger partial charge on any atom is -0.350 e. The van der Waals surface area contributed by atoms with Crippen molar-refractivity contribution in [3.63, 3.8) is 0 Å². The molecule has 1 N–H and O–H groups in total. The lowest BCUT2D eigenvalue weighted by Crippen LogP contribution is -2.44. The fourth-order valence-electron chi connectivity index (χ4n) is 4.57. The van der Waals surface area contributed by atoms with Crippen molar-refractivity contribution in [3.05, 3.63) is 95.3 Å². The molecule has 1 atom stereocenters. The number of carbonyl (C=O) groups excluding carboxylic acids is 2. The maximum atomic E-state index is 13.8. The van der Waals surface area contributed by atoms with E-state index in [9.17, 15) is 27.2 Å². The summed E-state index contributed by atoms with van der Waals surface area (Å²) in [6, 6.07) is 16.2. The van der Waals surface area contributed by atoms with Gasteiger partial charge in [0.15, 0.2) is 0 Å². The van der Waals surface area contributed by atoms with Crippen LogP contribution in [0.2, 0.25) is 0 Å². The first kappa shape index (κ1) is 24.9. The monoisotopic (exact) mass is 527 g/mol. The third kappa shape index (κ3) is 4.69. The van der Waals surface area contributed by atoms with Crippen LogP contribution in [0, 0.1) is 5.82 Å². The van der Waals surface area contributed by atoms with E-state index in [4.69, 9.17) is 0 Å². The van der Waals surface area contributed by atoms with E-state index in [1.54, 1.807) is 0 Å². The Balaban J connectivity index is 1.65. The average molecular weight is 528 g/mol. The summed E-state index contributed by atoms with van der Waals surface area (Å²) in [5, 5.41) is 4.21. The number of anilines is 1. The number of benzene rings is 3. The van der Waals surface area contributed by atoms with E-state index in [-0.39, 0.29) is 18.0 Å². The van der Waals surface area contributed by atoms with Crippen LogP contribution in [-0.2, 0) is 29.4 Å². The van der Waals surface area contributed by atoms with E-state index in [1.807, 2.05) is 35.9 Å². The zero-order valence-electron chi connectivity index (χ0n) is 19.6. The van der Waals surface area contributed by atoms with Crippen molar-refractivity contribution in [2.45, 2.75) is 23.8 Å². The molecule has 5 rings (SSSR count). The Kier molecular flexibility index (Phi) is 6.45. The molecule has 10 heteroatoms. The van der Waals surface area contributed by atoms with E-state index in [2.05, 4.69) is 5.32 Å². The zero-order chi connectivity index (χ0) is 26.3. The number of fused-ring (bicyclic) bond motifs is 3. The zero-order valence-corrected chi connectivity index (χ0v) is 20.4. The van der Waals surface area contributed by atoms with Gasteiger partial charge in [-0.15, -0.1) is 0 Å². The molecule has 0 radical (unpaired) electrons. The summed E-state index contributed by atoms with van der Waals surface area (Å²) >= 11 is 1.24. The Morgan fingerprint density at radius 1 is 1.05 bits per heavy atom. The summed E-state index contributed by atoms with van der Waals surface area (Å²) in [6.45, 7) is 0.0491. The largest absolute Gasteiger partial charge is 0.416 e. The lowest BCUT2D eigenvalue weighted by atomic mass is 10.0. The number of halogens is 4. The van der Waals surface area contributed by atoms with E-state index in [1.165, 1.54) is 48.2 Å². The summed E-state index contributed by atoms with van der Waals surface area (Å²) in [5.74, 6) is -1.53. The van der Waals surface area contributed by atoms with Gasteiger partial charge in [-0.3, -0.25) is 14.5 Å². The molecule has 0 unspecified atom stereocenters. The summed E-state index contributed by atoms with van der Waals surface area (Å²) < 4.78 is 55.8. The van der Waals surface area contributed by atoms with Crippen LogP contribution in [0.15, 0.2) is 77.8 Å². The van der Waals surface area contributed by atoms with Gasteiger partial charge in [-0.05, 0) is 42.0 Å². The molecular formula is C27H21F4N3O2S. The molecule has 190 valence electrons. The third-order valence-corrected chi connectivity index (χ3v) is 7.46. The molecule has 0 aliphatic carbocycles. The molecule has 0 fully saturated rings. The first-order valence-corrected chi connectivity index (χ1v) is 12.4. The molecular weight excluding hydrogens is 506 g/mol. The van der Waals surface area contributed by atoms with Crippen LogP contribution in [0.5, 0.6) is 0 Å². The molecule has 0 bridgehead atoms. The molecule has 3 aromatic carbocycles. The summed E-state index contributed by atoms with van der Waals surface area (Å²) in [7, 11) is 1.83. The number of aromatic nitrogens is 1. The Bertz CT molecular complexity index is 1500. The van der Waals surface area contributed by atoms with Gasteiger partial charge in [0.05, 0.1) is 16.3 Å². The third-order valence-electron chi connectivity index (χ3n) is 6.30. The maximum absolute atomic E-state index is 13.8. The van der Waals surface area contributed by atoms with E-state index in [0.717, 1.165) is 27.9 Å². The second-order valence-corrected chi connectivity index (χ2v) is 9.61. The minimum atomic E-state index is -4.62. The Morgan fingerprint density at radius 3 is 2.51 bits per heavy atom. The van der Waals surface area contributed by atoms with Crippen molar-refractivity contribution in [1.29, 1.82) is 0 Å². The summed E-state index contributed by atoms with van der Waals surface area (Å²) in [4.78, 5) is 28.4. The summed E-state index contributed by atoms with van der Waals surface area (Å²) in [5.41, 5.74) is 1.06. The number of hydrogen-bond acceptors (Lipinski definition) is 3. The molecule has 0 saturated heterocycles. The van der Waals surface area contributed by atoms with Gasteiger partial charge in [0.2, 0.25) is 11.8 Å². The van der Waals surface area contributed by atoms with E-state index in [0.29, 0.717) is 16.2 Å². The Morgan fingerprint density at radius 2 is 1.78 bits per heavy atom. The average Bonchev–Trinajstić information content (AvgIpc) is 3.05. The van der Waals surface area contributed by atoms with Crippen LogP contribution in [0.1, 0.15) is 22.7 Å². The van der Waals surface area contributed by atoms with Crippen molar-refractivity contribution in [3.8, 4) is 0 Å². The van der Waals surface area contributed by atoms with Crippen molar-refractivity contribution in [1.82, 2.24) is 9.88 Å². The number of carbonyl (C=O) groups is 2. The molecule has 1 aromatic heterocycles. The van der Waals surface area contributed by atoms with Gasteiger partial charge in [0, 0.05) is 35.7 Å². The highest BCUT2D eigenvalue weighted by Crippen LogP contribution is 2.44. The molecule has 4 aromatic rings. The van der Waals surface area contributed by atoms with Crippen LogP contribution in [0.4, 0.5) is 23.2 Å². The van der Waals surface area contributed by atoms with Crippen molar-refractivity contribution in [2.24, 2.45) is 7.05 Å². The number of amides is 2.